The van der Waals surface area contributed by atoms with Crippen LogP contribution in [0.25, 0.3) is 0 Å². The predicted molar refractivity (Wildman–Crippen MR) is 257 cm³/mol. The van der Waals surface area contributed by atoms with Gasteiger partial charge in [0.1, 0.15) is 17.2 Å². The summed E-state index contributed by atoms with van der Waals surface area (Å²) in [5.74, 6) is 1.25. The van der Waals surface area contributed by atoms with Gasteiger partial charge in [0.25, 0.3) is 0 Å². The van der Waals surface area contributed by atoms with Crippen LogP contribution in [-0.2, 0) is 21.7 Å². The maximum absolute atomic E-state index is 11.4. The Morgan fingerprint density at radius 3 is 1.07 bits per heavy atom. The summed E-state index contributed by atoms with van der Waals surface area (Å²) in [6.45, 7) is 30.8. The van der Waals surface area contributed by atoms with Gasteiger partial charge < -0.3 is 44.7 Å². The minimum absolute atomic E-state index is 0.169. The Balaban J connectivity index is 0.00000213. The number of aryl methyl sites for hydroxylation is 3. The van der Waals surface area contributed by atoms with Gasteiger partial charge in [-0.05, 0) is 124 Å². The van der Waals surface area contributed by atoms with Crippen molar-refractivity contribution in [3.8, 4) is 17.2 Å². The van der Waals surface area contributed by atoms with Crippen molar-refractivity contribution in [2.24, 2.45) is 0 Å². The number of unbranched alkanes of at least 4 members (excludes halogenated alkanes) is 10. The molecule has 0 amide bonds. The average Bonchev–Trinajstić information content (AvgIpc) is 3.08. The summed E-state index contributed by atoms with van der Waals surface area (Å²) >= 11 is 0. The Labute approximate surface area is 372 Å². The van der Waals surface area contributed by atoms with Crippen LogP contribution in [0.5, 0.6) is 17.2 Å². The lowest BCUT2D eigenvalue weighted by Gasteiger charge is -2.42. The SMILES string of the molecule is CCCCCCCCCCCCCC(CC(C)c1cc(C(C)(C)C)c(O)cc1C)(c1cc(C(C)(C)C)c(O)cc1C)c1cc(C(C)(C)C)c(O)cc1C.OP(O)O.OP(O)O. The first-order valence-electron chi connectivity index (χ1n) is 22.3. The van der Waals surface area contributed by atoms with Crippen molar-refractivity contribution in [2.75, 3.05) is 0 Å². The summed E-state index contributed by atoms with van der Waals surface area (Å²) in [6, 6.07) is 12.9. The van der Waals surface area contributed by atoms with Crippen molar-refractivity contribution >= 4 is 17.2 Å². The number of phenols is 3. The molecule has 0 aliphatic carbocycles. The Hall–Kier alpha value is -2.32. The van der Waals surface area contributed by atoms with Crippen molar-refractivity contribution in [3.05, 3.63) is 86.5 Å². The van der Waals surface area contributed by atoms with E-state index in [0.717, 1.165) is 52.6 Å². The molecule has 0 heterocycles. The Bertz CT molecular complexity index is 1690. The molecule has 0 aromatic heterocycles. The van der Waals surface area contributed by atoms with E-state index in [2.05, 4.69) is 115 Å². The van der Waals surface area contributed by atoms with Gasteiger partial charge in [0.15, 0.2) is 0 Å². The zero-order valence-electron chi connectivity index (χ0n) is 40.2. The van der Waals surface area contributed by atoms with Gasteiger partial charge >= 0.3 is 17.2 Å². The highest BCUT2D eigenvalue weighted by Gasteiger charge is 2.41. The topological polar surface area (TPSA) is 182 Å². The molecule has 3 aromatic carbocycles. The lowest BCUT2D eigenvalue weighted by molar-refractivity contribution is 0.366. The van der Waals surface area contributed by atoms with E-state index in [0.29, 0.717) is 17.2 Å². The van der Waals surface area contributed by atoms with Crippen molar-refractivity contribution in [3.63, 3.8) is 0 Å². The molecule has 0 radical (unpaired) electrons. The maximum Gasteiger partial charge on any atom is 0.324 e. The van der Waals surface area contributed by atoms with Crippen LogP contribution in [0.3, 0.4) is 0 Å². The van der Waals surface area contributed by atoms with Crippen LogP contribution in [0.15, 0.2) is 36.4 Å². The fourth-order valence-electron chi connectivity index (χ4n) is 8.92. The zero-order chi connectivity index (χ0) is 47.1. The molecule has 3 rings (SSSR count). The van der Waals surface area contributed by atoms with Crippen LogP contribution >= 0.6 is 17.2 Å². The molecule has 9 N–H and O–H groups in total. The molecular weight excluding hydrogens is 806 g/mol. The number of rotatable bonds is 17. The number of phenolic OH excluding ortho intramolecular Hbond substituents is 3. The minimum atomic E-state index is -2.62. The summed E-state index contributed by atoms with van der Waals surface area (Å²) in [6.07, 6.45) is 16.1. The van der Waals surface area contributed by atoms with E-state index in [1.807, 2.05) is 18.2 Å². The molecule has 0 spiro atoms. The number of hydrogen-bond acceptors (Lipinski definition) is 9. The van der Waals surface area contributed by atoms with E-state index in [9.17, 15) is 15.3 Å². The summed E-state index contributed by atoms with van der Waals surface area (Å²) in [5.41, 5.74) is 9.01. The lowest BCUT2D eigenvalue weighted by atomic mass is 9.62. The highest BCUT2D eigenvalue weighted by Crippen LogP contribution is 2.51. The number of benzene rings is 3. The smallest absolute Gasteiger partial charge is 0.324 e. The van der Waals surface area contributed by atoms with E-state index >= 15 is 0 Å². The van der Waals surface area contributed by atoms with E-state index in [1.165, 1.54) is 80.9 Å². The van der Waals surface area contributed by atoms with Crippen LogP contribution in [0, 0.1) is 20.8 Å². The number of aromatic hydroxyl groups is 3. The molecule has 11 heteroatoms. The molecule has 1 atom stereocenters. The molecule has 348 valence electrons. The second-order valence-corrected chi connectivity index (χ2v) is 21.4. The van der Waals surface area contributed by atoms with Gasteiger partial charge in [0, 0.05) is 5.41 Å². The van der Waals surface area contributed by atoms with Gasteiger partial charge in [0.05, 0.1) is 0 Å². The molecule has 0 aliphatic heterocycles. The summed E-state index contributed by atoms with van der Waals surface area (Å²) in [7, 11) is -5.24. The summed E-state index contributed by atoms with van der Waals surface area (Å²) in [5, 5.41) is 33.8. The highest BCUT2D eigenvalue weighted by atomic mass is 31.2. The van der Waals surface area contributed by atoms with Crippen LogP contribution in [0.4, 0.5) is 0 Å². The fourth-order valence-corrected chi connectivity index (χ4v) is 8.92. The van der Waals surface area contributed by atoms with Crippen molar-refractivity contribution in [2.45, 2.75) is 208 Å². The summed E-state index contributed by atoms with van der Waals surface area (Å²) < 4.78 is 0. The third-order valence-corrected chi connectivity index (χ3v) is 11.9. The third kappa shape index (κ3) is 18.4. The van der Waals surface area contributed by atoms with E-state index in [1.54, 1.807) is 0 Å². The van der Waals surface area contributed by atoms with Gasteiger partial charge in [-0.1, -0.05) is 165 Å². The summed E-state index contributed by atoms with van der Waals surface area (Å²) in [4.78, 5) is 43.4. The van der Waals surface area contributed by atoms with Crippen molar-refractivity contribution in [1.82, 2.24) is 0 Å². The lowest BCUT2D eigenvalue weighted by Crippen LogP contribution is -2.33. The van der Waals surface area contributed by atoms with E-state index < -0.39 is 17.2 Å². The molecule has 0 saturated heterocycles. The molecule has 0 fully saturated rings. The molecular formula is C50H84O9P2. The second kappa shape index (κ2) is 25.2. The van der Waals surface area contributed by atoms with Crippen LogP contribution in [0.1, 0.15) is 216 Å². The molecule has 1 unspecified atom stereocenters. The first kappa shape index (κ1) is 56.7. The molecule has 0 bridgehead atoms. The normalized spacial score (nSPS) is 12.9. The third-order valence-electron chi connectivity index (χ3n) is 11.9. The van der Waals surface area contributed by atoms with Crippen LogP contribution in [-0.4, -0.2) is 44.7 Å². The quantitative estimate of drug-likeness (QED) is 0.0470. The van der Waals surface area contributed by atoms with Gasteiger partial charge in [0.2, 0.25) is 0 Å². The first-order chi connectivity index (χ1) is 28.0. The predicted octanol–water partition coefficient (Wildman–Crippen LogP) is 13.2. The molecule has 3 aromatic rings. The Morgan fingerprint density at radius 1 is 0.443 bits per heavy atom. The molecule has 0 saturated carbocycles. The molecule has 9 nitrogen and oxygen atoms in total. The van der Waals surface area contributed by atoms with Crippen molar-refractivity contribution in [1.29, 1.82) is 0 Å². The highest BCUT2D eigenvalue weighted by molar-refractivity contribution is 7.38. The minimum Gasteiger partial charge on any atom is -0.508 e. The van der Waals surface area contributed by atoms with Crippen LogP contribution < -0.4 is 0 Å². The molecule has 61 heavy (non-hydrogen) atoms. The van der Waals surface area contributed by atoms with E-state index in [-0.39, 0.29) is 27.6 Å². The van der Waals surface area contributed by atoms with Gasteiger partial charge in [-0.15, -0.1) is 0 Å². The Morgan fingerprint density at radius 2 is 0.738 bits per heavy atom. The van der Waals surface area contributed by atoms with Crippen LogP contribution in [0.2, 0.25) is 0 Å². The van der Waals surface area contributed by atoms with Crippen molar-refractivity contribution < 1.29 is 44.7 Å². The standard InChI is InChI=1S/C50H78O3.2H3O3P/c1-15-16-17-18-19-20-21-22-23-24-25-26-50(39-31-42(48(9,10)11)45(52)28-35(39)3,40-32-43(49(12,13)14)46(53)29-36(40)4)33-37(5)38-30-41(47(6,7)8)44(51)27-34(38)2;2*1-4(2)3/h27-32,37,51-53H,15-26,33H2,1-14H3;2*1-3H. The van der Waals surface area contributed by atoms with Gasteiger partial charge in [-0.2, -0.15) is 0 Å². The second-order valence-electron chi connectivity index (χ2n) is 20.4. The maximum atomic E-state index is 11.4. The van der Waals surface area contributed by atoms with E-state index in [4.69, 9.17) is 29.4 Å². The first-order valence-corrected chi connectivity index (χ1v) is 24.7. The Kier molecular flexibility index (Phi) is 23.5. The molecule has 0 aliphatic rings. The average molecular weight is 891 g/mol. The van der Waals surface area contributed by atoms with Gasteiger partial charge in [-0.3, -0.25) is 0 Å². The largest absolute Gasteiger partial charge is 0.508 e. The monoisotopic (exact) mass is 891 g/mol. The fraction of sp³-hybridized carbons (Fsp3) is 0.640. The number of hydrogen-bond donors (Lipinski definition) is 9. The van der Waals surface area contributed by atoms with Gasteiger partial charge in [-0.25, -0.2) is 0 Å². The zero-order valence-corrected chi connectivity index (χ0v) is 41.9.